The highest BCUT2D eigenvalue weighted by Crippen LogP contribution is 2.37. The summed E-state index contributed by atoms with van der Waals surface area (Å²) in [5.41, 5.74) is 2.87. The Labute approximate surface area is 121 Å². The van der Waals surface area contributed by atoms with Crippen molar-refractivity contribution in [1.29, 1.82) is 0 Å². The van der Waals surface area contributed by atoms with Crippen molar-refractivity contribution in [2.24, 2.45) is 0 Å². The van der Waals surface area contributed by atoms with Crippen LogP contribution in [0.1, 0.15) is 36.1 Å². The molecule has 1 N–H and O–H groups in total. The van der Waals surface area contributed by atoms with Crippen LogP contribution in [0.25, 0.3) is 0 Å². The minimum Gasteiger partial charge on any atom is -0.493 e. The third kappa shape index (κ3) is 2.70. The quantitative estimate of drug-likeness (QED) is 0.911. The molecule has 0 amide bonds. The molecule has 0 aromatic heterocycles. The second-order valence-corrected chi connectivity index (χ2v) is 5.32. The van der Waals surface area contributed by atoms with E-state index in [0.29, 0.717) is 6.61 Å². The van der Waals surface area contributed by atoms with Crippen LogP contribution in [0.5, 0.6) is 5.75 Å². The maximum atomic E-state index is 11.1. The zero-order valence-electron chi connectivity index (χ0n) is 12.6. The van der Waals surface area contributed by atoms with Crippen LogP contribution in [0.15, 0.2) is 42.5 Å². The molecule has 0 aliphatic carbocycles. The number of aryl methyl sites for hydroxylation is 2. The first-order valence-electron chi connectivity index (χ1n) is 6.99. The number of hydrogen-bond donors (Lipinski definition) is 1. The van der Waals surface area contributed by atoms with Crippen LogP contribution in [0.2, 0.25) is 0 Å². The molecule has 0 aliphatic heterocycles. The van der Waals surface area contributed by atoms with Gasteiger partial charge in [-0.1, -0.05) is 42.0 Å². The molecule has 0 spiro atoms. The Morgan fingerprint density at radius 1 is 1.05 bits per heavy atom. The Hall–Kier alpha value is -1.80. The molecule has 0 radical (unpaired) electrons. The Morgan fingerprint density at radius 3 is 2.45 bits per heavy atom. The van der Waals surface area contributed by atoms with Crippen LogP contribution in [0, 0.1) is 13.8 Å². The fourth-order valence-corrected chi connectivity index (χ4v) is 2.56. The summed E-state index contributed by atoms with van der Waals surface area (Å²) in [7, 11) is 0. The van der Waals surface area contributed by atoms with Gasteiger partial charge in [0.25, 0.3) is 0 Å². The zero-order valence-corrected chi connectivity index (χ0v) is 12.6. The summed E-state index contributed by atoms with van der Waals surface area (Å²) in [6.07, 6.45) is 0. The molecule has 1 atom stereocenters. The first-order chi connectivity index (χ1) is 9.46. The molecule has 0 fully saturated rings. The molecular formula is C18H22O2. The van der Waals surface area contributed by atoms with Crippen molar-refractivity contribution in [3.05, 3.63) is 64.7 Å². The largest absolute Gasteiger partial charge is 0.493 e. The number of rotatable bonds is 4. The maximum absolute atomic E-state index is 11.1. The number of aliphatic hydroxyl groups is 1. The van der Waals surface area contributed by atoms with Gasteiger partial charge >= 0.3 is 0 Å². The van der Waals surface area contributed by atoms with Gasteiger partial charge < -0.3 is 9.84 Å². The number of hydrogen-bond acceptors (Lipinski definition) is 2. The van der Waals surface area contributed by atoms with Gasteiger partial charge in [0, 0.05) is 5.56 Å². The summed E-state index contributed by atoms with van der Waals surface area (Å²) in [5, 5.41) is 11.1. The van der Waals surface area contributed by atoms with Crippen molar-refractivity contribution in [2.75, 3.05) is 6.61 Å². The monoisotopic (exact) mass is 270 g/mol. The predicted octanol–water partition coefficient (Wildman–Crippen LogP) is 3.96. The van der Waals surface area contributed by atoms with E-state index in [2.05, 4.69) is 6.07 Å². The molecule has 2 aromatic rings. The van der Waals surface area contributed by atoms with E-state index in [4.69, 9.17) is 4.74 Å². The molecule has 2 nitrogen and oxygen atoms in total. The van der Waals surface area contributed by atoms with Crippen LogP contribution in [0.3, 0.4) is 0 Å². The Bertz CT molecular complexity index is 600. The summed E-state index contributed by atoms with van der Waals surface area (Å²) in [6, 6.07) is 13.8. The van der Waals surface area contributed by atoms with Gasteiger partial charge in [-0.3, -0.25) is 0 Å². The normalized spacial score (nSPS) is 13.8. The van der Waals surface area contributed by atoms with E-state index in [0.717, 1.165) is 28.0 Å². The fourth-order valence-electron chi connectivity index (χ4n) is 2.56. The molecule has 106 valence electrons. The predicted molar refractivity (Wildman–Crippen MR) is 82.2 cm³/mol. The van der Waals surface area contributed by atoms with E-state index in [1.807, 2.05) is 64.1 Å². The summed E-state index contributed by atoms with van der Waals surface area (Å²) < 4.78 is 5.65. The summed E-state index contributed by atoms with van der Waals surface area (Å²) >= 11 is 0. The molecule has 20 heavy (non-hydrogen) atoms. The molecule has 2 heteroatoms. The molecule has 1 unspecified atom stereocenters. The van der Waals surface area contributed by atoms with Crippen LogP contribution >= 0.6 is 0 Å². The highest BCUT2D eigenvalue weighted by Gasteiger charge is 2.30. The first-order valence-corrected chi connectivity index (χ1v) is 6.99. The Balaban J connectivity index is 2.57. The van der Waals surface area contributed by atoms with Crippen LogP contribution in [0.4, 0.5) is 0 Å². The molecule has 0 aliphatic rings. The van der Waals surface area contributed by atoms with E-state index >= 15 is 0 Å². The summed E-state index contributed by atoms with van der Waals surface area (Å²) in [6.45, 7) is 8.41. The van der Waals surface area contributed by atoms with Crippen LogP contribution in [-0.4, -0.2) is 11.7 Å². The second-order valence-electron chi connectivity index (χ2n) is 5.32. The van der Waals surface area contributed by atoms with Gasteiger partial charge in [-0.2, -0.15) is 0 Å². The fraction of sp³-hybridized carbons (Fsp3) is 0.333. The molecule has 2 rings (SSSR count). The van der Waals surface area contributed by atoms with E-state index in [9.17, 15) is 5.11 Å². The highest BCUT2D eigenvalue weighted by atomic mass is 16.5. The van der Waals surface area contributed by atoms with Crippen molar-refractivity contribution in [1.82, 2.24) is 0 Å². The SMILES string of the molecule is CCOc1ccccc1C(C)(O)c1cc(C)ccc1C. The zero-order chi connectivity index (χ0) is 14.8. The van der Waals surface area contributed by atoms with E-state index in [1.165, 1.54) is 0 Å². The third-order valence-electron chi connectivity index (χ3n) is 3.63. The molecule has 0 bridgehead atoms. The molecular weight excluding hydrogens is 248 g/mol. The average molecular weight is 270 g/mol. The van der Waals surface area contributed by atoms with Crippen molar-refractivity contribution >= 4 is 0 Å². The van der Waals surface area contributed by atoms with E-state index < -0.39 is 5.60 Å². The van der Waals surface area contributed by atoms with Gasteiger partial charge in [-0.05, 0) is 44.9 Å². The van der Waals surface area contributed by atoms with E-state index in [1.54, 1.807) is 0 Å². The maximum Gasteiger partial charge on any atom is 0.125 e. The number of ether oxygens (including phenoxy) is 1. The lowest BCUT2D eigenvalue weighted by atomic mass is 9.84. The van der Waals surface area contributed by atoms with E-state index in [-0.39, 0.29) is 0 Å². The smallest absolute Gasteiger partial charge is 0.125 e. The topological polar surface area (TPSA) is 29.5 Å². The molecule has 0 saturated heterocycles. The van der Waals surface area contributed by atoms with Crippen molar-refractivity contribution in [3.63, 3.8) is 0 Å². The lowest BCUT2D eigenvalue weighted by Gasteiger charge is -2.28. The number of benzene rings is 2. The standard InChI is InChI=1S/C18H22O2/c1-5-20-17-9-7-6-8-15(17)18(4,19)16-12-13(2)10-11-14(16)3/h6-12,19H,5H2,1-4H3. The van der Waals surface area contributed by atoms with Gasteiger partial charge in [-0.25, -0.2) is 0 Å². The van der Waals surface area contributed by atoms with Gasteiger partial charge in [0.2, 0.25) is 0 Å². The Morgan fingerprint density at radius 2 is 1.75 bits per heavy atom. The molecule has 0 saturated carbocycles. The van der Waals surface area contributed by atoms with Gasteiger partial charge in [-0.15, -0.1) is 0 Å². The summed E-state index contributed by atoms with van der Waals surface area (Å²) in [4.78, 5) is 0. The summed E-state index contributed by atoms with van der Waals surface area (Å²) in [5.74, 6) is 0.737. The number of para-hydroxylation sites is 1. The lowest BCUT2D eigenvalue weighted by molar-refractivity contribution is 0.0973. The Kier molecular flexibility index (Phi) is 4.15. The minimum atomic E-state index is -1.07. The first kappa shape index (κ1) is 14.6. The molecule has 2 aromatic carbocycles. The van der Waals surface area contributed by atoms with Crippen LogP contribution in [-0.2, 0) is 5.60 Å². The van der Waals surface area contributed by atoms with Crippen molar-refractivity contribution in [2.45, 2.75) is 33.3 Å². The van der Waals surface area contributed by atoms with Gasteiger partial charge in [0.1, 0.15) is 11.4 Å². The van der Waals surface area contributed by atoms with Gasteiger partial charge in [0.05, 0.1) is 6.61 Å². The van der Waals surface area contributed by atoms with Crippen molar-refractivity contribution in [3.8, 4) is 5.75 Å². The second kappa shape index (κ2) is 5.68. The molecule has 0 heterocycles. The highest BCUT2D eigenvalue weighted by molar-refractivity contribution is 5.47. The van der Waals surface area contributed by atoms with Gasteiger partial charge in [0.15, 0.2) is 0 Å². The minimum absolute atomic E-state index is 0.583. The lowest BCUT2D eigenvalue weighted by Crippen LogP contribution is -2.25. The average Bonchev–Trinajstić information content (AvgIpc) is 2.42. The van der Waals surface area contributed by atoms with Crippen molar-refractivity contribution < 1.29 is 9.84 Å². The third-order valence-corrected chi connectivity index (χ3v) is 3.63. The van der Waals surface area contributed by atoms with Crippen LogP contribution < -0.4 is 4.74 Å².